The van der Waals surface area contributed by atoms with E-state index in [-0.39, 0.29) is 12.3 Å². The van der Waals surface area contributed by atoms with Crippen LogP contribution >= 0.6 is 11.6 Å². The van der Waals surface area contributed by atoms with E-state index in [2.05, 4.69) is 10.4 Å². The largest absolute Gasteiger partial charge is 0.487 e. The molecule has 0 aliphatic heterocycles. The van der Waals surface area contributed by atoms with Crippen LogP contribution in [0.3, 0.4) is 0 Å². The van der Waals surface area contributed by atoms with Crippen molar-refractivity contribution in [2.75, 3.05) is 0 Å². The Hall–Kier alpha value is -2.60. The smallest absolute Gasteiger partial charge is 0.368 e. The Labute approximate surface area is 131 Å². The van der Waals surface area contributed by atoms with Gasteiger partial charge in [-0.3, -0.25) is 0 Å². The van der Waals surface area contributed by atoms with Gasteiger partial charge in [-0.15, -0.1) is 0 Å². The molecule has 0 aliphatic carbocycles. The van der Waals surface area contributed by atoms with Gasteiger partial charge in [-0.05, 0) is 28.6 Å². The lowest BCUT2D eigenvalue weighted by molar-refractivity contribution is 0.305. The number of halogens is 1. The molecule has 0 radical (unpaired) electrons. The van der Waals surface area contributed by atoms with Crippen molar-refractivity contribution in [2.24, 2.45) is 7.05 Å². The van der Waals surface area contributed by atoms with Crippen LogP contribution in [0.4, 0.5) is 0 Å². The third kappa shape index (κ3) is 2.73. The molecule has 7 heteroatoms. The van der Waals surface area contributed by atoms with Crippen LogP contribution in [0.2, 0.25) is 5.02 Å². The monoisotopic (exact) mass is 316 g/mol. The zero-order valence-electron chi connectivity index (χ0n) is 11.8. The number of nitrogens with zero attached hydrogens (tertiary/aromatic N) is 4. The van der Waals surface area contributed by atoms with Crippen molar-refractivity contribution in [2.45, 2.75) is 6.61 Å². The highest BCUT2D eigenvalue weighted by Gasteiger charge is 2.11. The molecule has 0 saturated heterocycles. The highest BCUT2D eigenvalue weighted by molar-refractivity contribution is 6.32. The number of aromatic nitrogens is 4. The first kappa shape index (κ1) is 14.3. The van der Waals surface area contributed by atoms with Crippen LogP contribution in [0.5, 0.6) is 5.75 Å². The summed E-state index contributed by atoms with van der Waals surface area (Å²) in [6.45, 7) is 0.267. The average Bonchev–Trinajstić information content (AvgIpc) is 2.86. The topological polar surface area (TPSA) is 61.9 Å². The van der Waals surface area contributed by atoms with Gasteiger partial charge in [-0.1, -0.05) is 41.9 Å². The quantitative estimate of drug-likeness (QED) is 0.740. The second-order valence-corrected chi connectivity index (χ2v) is 5.05. The second-order valence-electron chi connectivity index (χ2n) is 4.64. The second kappa shape index (κ2) is 6.03. The van der Waals surface area contributed by atoms with Crippen molar-refractivity contribution in [1.29, 1.82) is 0 Å². The summed E-state index contributed by atoms with van der Waals surface area (Å²) in [5.41, 5.74) is 1.13. The summed E-state index contributed by atoms with van der Waals surface area (Å²) in [7, 11) is 1.55. The summed E-state index contributed by atoms with van der Waals surface area (Å²) in [6, 6.07) is 14.6. The van der Waals surface area contributed by atoms with E-state index in [4.69, 9.17) is 16.3 Å². The standard InChI is InChI=1S/C15H13ClN4O2/c1-19-15(21)20(18-17-19)13-8-4-2-6-11(13)10-22-14-9-5-3-7-12(14)16/h2-9H,10H2,1H3. The molecule has 0 saturated carbocycles. The van der Waals surface area contributed by atoms with E-state index in [0.717, 1.165) is 5.56 Å². The zero-order valence-corrected chi connectivity index (χ0v) is 12.6. The lowest BCUT2D eigenvalue weighted by atomic mass is 10.2. The molecule has 1 heterocycles. The summed E-state index contributed by atoms with van der Waals surface area (Å²) in [5.74, 6) is 0.588. The van der Waals surface area contributed by atoms with Crippen LogP contribution in [0.25, 0.3) is 5.69 Å². The van der Waals surface area contributed by atoms with E-state index in [0.29, 0.717) is 16.5 Å². The SMILES string of the molecule is Cn1nnn(-c2ccccc2COc2ccccc2Cl)c1=O. The average molecular weight is 317 g/mol. The van der Waals surface area contributed by atoms with Gasteiger partial charge in [0, 0.05) is 12.6 Å². The molecule has 1 aromatic heterocycles. The van der Waals surface area contributed by atoms with Gasteiger partial charge in [-0.25, -0.2) is 4.79 Å². The van der Waals surface area contributed by atoms with E-state index >= 15 is 0 Å². The van der Waals surface area contributed by atoms with Crippen molar-refractivity contribution in [3.05, 3.63) is 69.6 Å². The van der Waals surface area contributed by atoms with E-state index in [1.54, 1.807) is 25.2 Å². The maximum absolute atomic E-state index is 12.0. The molecule has 0 fully saturated rings. The van der Waals surface area contributed by atoms with Crippen LogP contribution in [-0.2, 0) is 13.7 Å². The van der Waals surface area contributed by atoms with Gasteiger partial charge in [0.25, 0.3) is 0 Å². The molecular formula is C15H13ClN4O2. The van der Waals surface area contributed by atoms with E-state index < -0.39 is 0 Å². The molecular weight excluding hydrogens is 304 g/mol. The molecule has 0 bridgehead atoms. The van der Waals surface area contributed by atoms with Gasteiger partial charge in [0.1, 0.15) is 12.4 Å². The molecule has 22 heavy (non-hydrogen) atoms. The van der Waals surface area contributed by atoms with Crippen molar-refractivity contribution >= 4 is 11.6 Å². The summed E-state index contributed by atoms with van der Waals surface area (Å²) in [4.78, 5) is 12.0. The fraction of sp³-hybridized carbons (Fsp3) is 0.133. The molecule has 0 atom stereocenters. The molecule has 6 nitrogen and oxygen atoms in total. The first-order valence-corrected chi connectivity index (χ1v) is 6.99. The fourth-order valence-corrected chi connectivity index (χ4v) is 2.21. The number of rotatable bonds is 4. The third-order valence-corrected chi connectivity index (χ3v) is 3.47. The molecule has 112 valence electrons. The number of benzene rings is 2. The highest BCUT2D eigenvalue weighted by atomic mass is 35.5. The number of aryl methyl sites for hydroxylation is 1. The summed E-state index contributed by atoms with van der Waals surface area (Å²) in [6.07, 6.45) is 0. The predicted molar refractivity (Wildman–Crippen MR) is 82.4 cm³/mol. The number of hydrogen-bond donors (Lipinski definition) is 0. The van der Waals surface area contributed by atoms with Crippen LogP contribution in [0.15, 0.2) is 53.3 Å². The lowest BCUT2D eigenvalue weighted by Crippen LogP contribution is -2.23. The molecule has 0 spiro atoms. The Morgan fingerprint density at radius 3 is 2.55 bits per heavy atom. The lowest BCUT2D eigenvalue weighted by Gasteiger charge is -2.10. The van der Waals surface area contributed by atoms with E-state index in [1.807, 2.05) is 30.3 Å². The summed E-state index contributed by atoms with van der Waals surface area (Å²) >= 11 is 6.07. The highest BCUT2D eigenvalue weighted by Crippen LogP contribution is 2.24. The van der Waals surface area contributed by atoms with Crippen LogP contribution in [0, 0.1) is 0 Å². The Balaban J connectivity index is 1.91. The van der Waals surface area contributed by atoms with Crippen LogP contribution in [-0.4, -0.2) is 19.8 Å². The number of ether oxygens (including phenoxy) is 1. The normalized spacial score (nSPS) is 10.6. The summed E-state index contributed by atoms with van der Waals surface area (Å²) < 4.78 is 8.14. The van der Waals surface area contributed by atoms with Crippen molar-refractivity contribution < 1.29 is 4.74 Å². The van der Waals surface area contributed by atoms with Gasteiger partial charge in [0.05, 0.1) is 10.7 Å². The number of hydrogen-bond acceptors (Lipinski definition) is 4. The first-order valence-electron chi connectivity index (χ1n) is 6.61. The maximum Gasteiger partial charge on any atom is 0.368 e. The Morgan fingerprint density at radius 2 is 1.82 bits per heavy atom. The van der Waals surface area contributed by atoms with Gasteiger partial charge < -0.3 is 4.74 Å². The van der Waals surface area contributed by atoms with Crippen LogP contribution < -0.4 is 10.4 Å². The minimum absolute atomic E-state index is 0.267. The van der Waals surface area contributed by atoms with Crippen molar-refractivity contribution in [3.63, 3.8) is 0 Å². The molecule has 0 aliphatic rings. The molecule has 0 amide bonds. The predicted octanol–water partition coefficient (Wildman–Crippen LogP) is 2.20. The molecule has 0 unspecified atom stereocenters. The van der Waals surface area contributed by atoms with Crippen LogP contribution in [0.1, 0.15) is 5.56 Å². The fourth-order valence-electron chi connectivity index (χ4n) is 2.02. The molecule has 3 rings (SSSR count). The Bertz CT molecular complexity index is 856. The Morgan fingerprint density at radius 1 is 1.09 bits per heavy atom. The zero-order chi connectivity index (χ0) is 15.5. The van der Waals surface area contributed by atoms with Gasteiger partial charge in [-0.2, -0.15) is 9.36 Å². The third-order valence-electron chi connectivity index (χ3n) is 3.16. The maximum atomic E-state index is 12.0. The summed E-state index contributed by atoms with van der Waals surface area (Å²) in [5, 5.41) is 8.11. The van der Waals surface area contributed by atoms with Gasteiger partial charge >= 0.3 is 5.69 Å². The van der Waals surface area contributed by atoms with Crippen molar-refractivity contribution in [3.8, 4) is 11.4 Å². The number of tetrazole rings is 1. The first-order chi connectivity index (χ1) is 10.7. The molecule has 3 aromatic rings. The van der Waals surface area contributed by atoms with E-state index in [1.165, 1.54) is 9.36 Å². The van der Waals surface area contributed by atoms with Crippen molar-refractivity contribution in [1.82, 2.24) is 19.8 Å². The Kier molecular flexibility index (Phi) is 3.93. The van der Waals surface area contributed by atoms with Gasteiger partial charge in [0.2, 0.25) is 0 Å². The number of para-hydroxylation sites is 2. The minimum Gasteiger partial charge on any atom is -0.487 e. The molecule has 0 N–H and O–H groups in total. The molecule has 2 aromatic carbocycles. The van der Waals surface area contributed by atoms with E-state index in [9.17, 15) is 4.79 Å². The van der Waals surface area contributed by atoms with Gasteiger partial charge in [0.15, 0.2) is 0 Å². The minimum atomic E-state index is -0.315.